The van der Waals surface area contributed by atoms with Crippen LogP contribution in [0.1, 0.15) is 12.8 Å². The van der Waals surface area contributed by atoms with Crippen LogP contribution >= 0.6 is 23.2 Å². The summed E-state index contributed by atoms with van der Waals surface area (Å²) in [5.41, 5.74) is -0.110. The molecule has 0 radical (unpaired) electrons. The Morgan fingerprint density at radius 3 is 2.47 bits per heavy atom. The fourth-order valence-corrected chi connectivity index (χ4v) is 1.67. The quantitative estimate of drug-likeness (QED) is 0.861. The number of anilines is 1. The van der Waals surface area contributed by atoms with Crippen molar-refractivity contribution < 1.29 is 9.90 Å². The van der Waals surface area contributed by atoms with Crippen molar-refractivity contribution in [1.82, 2.24) is 0 Å². The maximum atomic E-state index is 10.9. The number of hydrogen-bond acceptors (Lipinski definition) is 2. The number of carboxylic acids is 1. The van der Waals surface area contributed by atoms with Crippen molar-refractivity contribution >= 4 is 34.9 Å². The van der Waals surface area contributed by atoms with Crippen molar-refractivity contribution in [3.63, 3.8) is 0 Å². The normalized spacial score (nSPS) is 17.2. The minimum atomic E-state index is -0.825. The van der Waals surface area contributed by atoms with Gasteiger partial charge in [0.15, 0.2) is 0 Å². The average molecular weight is 246 g/mol. The molecule has 0 aliphatic heterocycles. The van der Waals surface area contributed by atoms with Gasteiger partial charge in [-0.05, 0) is 31.0 Å². The monoisotopic (exact) mass is 245 g/mol. The first kappa shape index (κ1) is 10.6. The van der Waals surface area contributed by atoms with Gasteiger partial charge in [-0.3, -0.25) is 0 Å². The SMILES string of the molecule is O=C(O)C1(Nc2ccc(Cl)c(Cl)c2)CC1. The Bertz CT molecular complexity index is 416. The van der Waals surface area contributed by atoms with Gasteiger partial charge in [0.1, 0.15) is 5.54 Å². The number of nitrogens with one attached hydrogen (secondary N) is 1. The second-order valence-electron chi connectivity index (χ2n) is 3.64. The molecule has 3 nitrogen and oxygen atoms in total. The van der Waals surface area contributed by atoms with Crippen molar-refractivity contribution in [3.05, 3.63) is 28.2 Å². The van der Waals surface area contributed by atoms with Gasteiger partial charge in [0.25, 0.3) is 0 Å². The van der Waals surface area contributed by atoms with E-state index in [0.29, 0.717) is 28.6 Å². The highest BCUT2D eigenvalue weighted by atomic mass is 35.5. The second kappa shape index (κ2) is 3.58. The van der Waals surface area contributed by atoms with Crippen LogP contribution in [-0.2, 0) is 4.79 Å². The molecule has 2 rings (SSSR count). The minimum absolute atomic E-state index is 0.419. The molecule has 0 saturated heterocycles. The summed E-state index contributed by atoms with van der Waals surface area (Å²) in [6.07, 6.45) is 1.28. The molecule has 1 aromatic rings. The molecule has 0 bridgehead atoms. The van der Waals surface area contributed by atoms with Gasteiger partial charge >= 0.3 is 5.97 Å². The number of halogens is 2. The zero-order valence-electron chi connectivity index (χ0n) is 7.76. The number of benzene rings is 1. The molecule has 80 valence electrons. The molecule has 0 aromatic heterocycles. The van der Waals surface area contributed by atoms with Crippen molar-refractivity contribution in [2.45, 2.75) is 18.4 Å². The molecule has 0 heterocycles. The Morgan fingerprint density at radius 1 is 1.33 bits per heavy atom. The van der Waals surface area contributed by atoms with Gasteiger partial charge < -0.3 is 10.4 Å². The van der Waals surface area contributed by atoms with Crippen LogP contribution in [0.4, 0.5) is 5.69 Å². The molecule has 0 spiro atoms. The van der Waals surface area contributed by atoms with Gasteiger partial charge in [0.05, 0.1) is 10.0 Å². The van der Waals surface area contributed by atoms with Crippen LogP contribution in [0.2, 0.25) is 10.0 Å². The van der Waals surface area contributed by atoms with Crippen LogP contribution in [0, 0.1) is 0 Å². The maximum absolute atomic E-state index is 10.9. The van der Waals surface area contributed by atoms with Gasteiger partial charge in [-0.15, -0.1) is 0 Å². The largest absolute Gasteiger partial charge is 0.480 e. The van der Waals surface area contributed by atoms with Crippen molar-refractivity contribution in [3.8, 4) is 0 Å². The summed E-state index contributed by atoms with van der Waals surface area (Å²) >= 11 is 11.6. The molecular weight excluding hydrogens is 237 g/mol. The highest BCUT2D eigenvalue weighted by Crippen LogP contribution is 2.40. The first-order valence-corrected chi connectivity index (χ1v) is 5.26. The summed E-state index contributed by atoms with van der Waals surface area (Å²) in [5, 5.41) is 12.8. The standard InChI is InChI=1S/C10H9Cl2NO2/c11-7-2-1-6(5-8(7)12)13-10(3-4-10)9(14)15/h1-2,5,13H,3-4H2,(H,14,15). The number of rotatable bonds is 3. The summed E-state index contributed by atoms with van der Waals surface area (Å²) in [5.74, 6) is -0.825. The van der Waals surface area contributed by atoms with E-state index in [1.54, 1.807) is 18.2 Å². The smallest absolute Gasteiger partial charge is 0.329 e. The molecule has 5 heteroatoms. The molecule has 15 heavy (non-hydrogen) atoms. The first-order valence-electron chi connectivity index (χ1n) is 4.50. The minimum Gasteiger partial charge on any atom is -0.480 e. The molecule has 0 amide bonds. The second-order valence-corrected chi connectivity index (χ2v) is 4.46. The van der Waals surface area contributed by atoms with E-state index < -0.39 is 11.5 Å². The van der Waals surface area contributed by atoms with Crippen LogP contribution in [0.15, 0.2) is 18.2 Å². The van der Waals surface area contributed by atoms with Crippen molar-refractivity contribution in [2.24, 2.45) is 0 Å². The third-order valence-electron chi connectivity index (χ3n) is 2.46. The molecule has 0 atom stereocenters. The summed E-state index contributed by atoms with van der Waals surface area (Å²) in [4.78, 5) is 10.9. The summed E-state index contributed by atoms with van der Waals surface area (Å²) in [7, 11) is 0. The average Bonchev–Trinajstić information content (AvgIpc) is 2.93. The topological polar surface area (TPSA) is 49.3 Å². The zero-order valence-corrected chi connectivity index (χ0v) is 9.27. The van der Waals surface area contributed by atoms with E-state index in [4.69, 9.17) is 28.3 Å². The van der Waals surface area contributed by atoms with Crippen LogP contribution in [0.5, 0.6) is 0 Å². The van der Waals surface area contributed by atoms with E-state index in [2.05, 4.69) is 5.32 Å². The maximum Gasteiger partial charge on any atom is 0.329 e. The summed E-state index contributed by atoms with van der Waals surface area (Å²) in [6, 6.07) is 4.99. The molecule has 1 aliphatic carbocycles. The number of carbonyl (C=O) groups is 1. The van der Waals surface area contributed by atoms with Gasteiger partial charge in [-0.1, -0.05) is 23.2 Å². The lowest BCUT2D eigenvalue weighted by atomic mass is 10.2. The van der Waals surface area contributed by atoms with E-state index in [9.17, 15) is 4.79 Å². The molecule has 0 unspecified atom stereocenters. The fraction of sp³-hybridized carbons (Fsp3) is 0.300. The third kappa shape index (κ3) is 2.03. The molecule has 1 aliphatic rings. The highest BCUT2D eigenvalue weighted by Gasteiger charge is 2.50. The van der Waals surface area contributed by atoms with Gasteiger partial charge in [0, 0.05) is 5.69 Å². The lowest BCUT2D eigenvalue weighted by Gasteiger charge is -2.14. The van der Waals surface area contributed by atoms with Crippen LogP contribution < -0.4 is 5.32 Å². The van der Waals surface area contributed by atoms with E-state index in [1.165, 1.54) is 0 Å². The Morgan fingerprint density at radius 2 is 2.00 bits per heavy atom. The Kier molecular flexibility index (Phi) is 2.52. The molecular formula is C10H9Cl2NO2. The number of carboxylic acid groups (broad SMARTS) is 1. The predicted octanol–water partition coefficient (Wildman–Crippen LogP) is 3.02. The lowest BCUT2D eigenvalue weighted by molar-refractivity contribution is -0.138. The Labute approximate surface area is 97.0 Å². The van der Waals surface area contributed by atoms with Gasteiger partial charge in [-0.25, -0.2) is 4.79 Å². The molecule has 2 N–H and O–H groups in total. The van der Waals surface area contributed by atoms with E-state index >= 15 is 0 Å². The predicted molar refractivity (Wildman–Crippen MR) is 59.7 cm³/mol. The molecule has 1 fully saturated rings. The van der Waals surface area contributed by atoms with E-state index in [1.807, 2.05) is 0 Å². The highest BCUT2D eigenvalue weighted by molar-refractivity contribution is 6.42. The third-order valence-corrected chi connectivity index (χ3v) is 3.20. The van der Waals surface area contributed by atoms with Crippen molar-refractivity contribution in [2.75, 3.05) is 5.32 Å². The van der Waals surface area contributed by atoms with E-state index in [0.717, 1.165) is 0 Å². The van der Waals surface area contributed by atoms with Gasteiger partial charge in [-0.2, -0.15) is 0 Å². The van der Waals surface area contributed by atoms with Gasteiger partial charge in [0.2, 0.25) is 0 Å². The first-order chi connectivity index (χ1) is 7.03. The van der Waals surface area contributed by atoms with Crippen LogP contribution in [0.3, 0.4) is 0 Å². The Hall–Kier alpha value is -0.930. The Balaban J connectivity index is 2.18. The van der Waals surface area contributed by atoms with E-state index in [-0.39, 0.29) is 0 Å². The number of hydrogen-bond donors (Lipinski definition) is 2. The lowest BCUT2D eigenvalue weighted by Crippen LogP contribution is -2.31. The summed E-state index contributed by atoms with van der Waals surface area (Å²) in [6.45, 7) is 0. The molecule has 1 aromatic carbocycles. The van der Waals surface area contributed by atoms with Crippen molar-refractivity contribution in [1.29, 1.82) is 0 Å². The number of aliphatic carboxylic acids is 1. The summed E-state index contributed by atoms with van der Waals surface area (Å²) < 4.78 is 0. The fourth-order valence-electron chi connectivity index (χ4n) is 1.37. The zero-order chi connectivity index (χ0) is 11.1. The molecule has 1 saturated carbocycles. The van der Waals surface area contributed by atoms with Crippen LogP contribution in [-0.4, -0.2) is 16.6 Å². The van der Waals surface area contributed by atoms with Crippen LogP contribution in [0.25, 0.3) is 0 Å².